The van der Waals surface area contributed by atoms with Gasteiger partial charge in [-0.1, -0.05) is 38.1 Å². The summed E-state index contributed by atoms with van der Waals surface area (Å²) < 4.78 is 10.5. The Morgan fingerprint density at radius 2 is 1.67 bits per heavy atom. The van der Waals surface area contributed by atoms with Crippen LogP contribution in [0.15, 0.2) is 48.5 Å². The van der Waals surface area contributed by atoms with Crippen molar-refractivity contribution in [3.8, 4) is 11.5 Å². The largest absolute Gasteiger partial charge is 0.497 e. The van der Waals surface area contributed by atoms with Gasteiger partial charge < -0.3 is 19.7 Å². The van der Waals surface area contributed by atoms with Crippen LogP contribution in [0.25, 0.3) is 0 Å². The van der Waals surface area contributed by atoms with Crippen molar-refractivity contribution < 1.29 is 19.1 Å². The average Bonchev–Trinajstić information content (AvgIpc) is 2.84. The van der Waals surface area contributed by atoms with Crippen molar-refractivity contribution in [1.82, 2.24) is 10.2 Å². The molecule has 180 valence electrons. The Labute approximate surface area is 202 Å². The van der Waals surface area contributed by atoms with Crippen molar-refractivity contribution >= 4 is 23.6 Å². The SMILES string of the molecule is CC[C@H](C)NC(=O)[C@H](CC)N(Cc1cccc(OC)c1)C(=O)CSCc1ccc(OC)cc1. The first-order chi connectivity index (χ1) is 15.9. The highest BCUT2D eigenvalue weighted by Gasteiger charge is 2.29. The third kappa shape index (κ3) is 8.31. The number of thioether (sulfide) groups is 1. The van der Waals surface area contributed by atoms with Crippen molar-refractivity contribution in [1.29, 1.82) is 0 Å². The maximum Gasteiger partial charge on any atom is 0.243 e. The van der Waals surface area contributed by atoms with Crippen molar-refractivity contribution in [3.05, 3.63) is 59.7 Å². The zero-order valence-electron chi connectivity index (χ0n) is 20.3. The van der Waals surface area contributed by atoms with Crippen LogP contribution in [0, 0.1) is 0 Å². The van der Waals surface area contributed by atoms with Gasteiger partial charge in [-0.25, -0.2) is 0 Å². The molecule has 0 unspecified atom stereocenters. The third-order valence-corrected chi connectivity index (χ3v) is 6.52. The second-order valence-electron chi connectivity index (χ2n) is 7.96. The Kier molecular flexibility index (Phi) is 11.1. The summed E-state index contributed by atoms with van der Waals surface area (Å²) in [7, 11) is 3.26. The van der Waals surface area contributed by atoms with Crippen LogP contribution in [0.2, 0.25) is 0 Å². The predicted molar refractivity (Wildman–Crippen MR) is 135 cm³/mol. The second kappa shape index (κ2) is 13.8. The van der Waals surface area contributed by atoms with Crippen molar-refractivity contribution in [2.24, 2.45) is 0 Å². The van der Waals surface area contributed by atoms with Gasteiger partial charge in [0.1, 0.15) is 17.5 Å². The minimum Gasteiger partial charge on any atom is -0.497 e. The molecule has 2 aromatic rings. The zero-order valence-corrected chi connectivity index (χ0v) is 21.1. The maximum atomic E-state index is 13.3. The van der Waals surface area contributed by atoms with Gasteiger partial charge in [0.05, 0.1) is 20.0 Å². The predicted octanol–water partition coefficient (Wildman–Crippen LogP) is 4.66. The Morgan fingerprint density at radius 3 is 2.27 bits per heavy atom. The summed E-state index contributed by atoms with van der Waals surface area (Å²) in [5, 5.41) is 3.04. The number of hydrogen-bond acceptors (Lipinski definition) is 5. The molecule has 33 heavy (non-hydrogen) atoms. The van der Waals surface area contributed by atoms with E-state index in [1.807, 2.05) is 69.3 Å². The summed E-state index contributed by atoms with van der Waals surface area (Å²) in [6.07, 6.45) is 1.38. The molecule has 0 aliphatic rings. The molecule has 0 aliphatic heterocycles. The lowest BCUT2D eigenvalue weighted by atomic mass is 10.1. The van der Waals surface area contributed by atoms with Crippen LogP contribution >= 0.6 is 11.8 Å². The number of carbonyl (C=O) groups is 2. The Balaban J connectivity index is 2.14. The smallest absolute Gasteiger partial charge is 0.243 e. The minimum atomic E-state index is -0.528. The number of ether oxygens (including phenoxy) is 2. The van der Waals surface area contributed by atoms with E-state index in [0.29, 0.717) is 24.5 Å². The highest BCUT2D eigenvalue weighted by molar-refractivity contribution is 7.99. The fourth-order valence-corrected chi connectivity index (χ4v) is 4.26. The molecule has 0 fully saturated rings. The molecular formula is C26H36N2O4S. The van der Waals surface area contributed by atoms with Crippen molar-refractivity contribution in [2.75, 3.05) is 20.0 Å². The summed E-state index contributed by atoms with van der Waals surface area (Å²) >= 11 is 1.54. The van der Waals surface area contributed by atoms with E-state index in [0.717, 1.165) is 29.0 Å². The molecule has 0 aliphatic carbocycles. The molecule has 7 heteroatoms. The van der Waals surface area contributed by atoms with Crippen LogP contribution in [0.5, 0.6) is 11.5 Å². The summed E-state index contributed by atoms with van der Waals surface area (Å²) in [6.45, 7) is 6.30. The molecule has 0 saturated carbocycles. The first kappa shape index (κ1) is 26.6. The zero-order chi connectivity index (χ0) is 24.2. The standard InChI is InChI=1S/C26H36N2O4S/c1-6-19(3)27-26(30)24(7-2)28(16-21-9-8-10-23(15-21)32-5)25(29)18-33-17-20-11-13-22(31-4)14-12-20/h8-15,19,24H,6-7,16-18H2,1-5H3,(H,27,30)/t19-,24-/m0/s1. The number of benzene rings is 2. The number of methoxy groups -OCH3 is 2. The van der Waals surface area contributed by atoms with Crippen LogP contribution in [0.4, 0.5) is 0 Å². The summed E-state index contributed by atoms with van der Waals surface area (Å²) in [5.74, 6) is 2.38. The van der Waals surface area contributed by atoms with Gasteiger partial charge in [0.25, 0.3) is 0 Å². The molecule has 2 amide bonds. The highest BCUT2D eigenvalue weighted by atomic mass is 32.2. The lowest BCUT2D eigenvalue weighted by Crippen LogP contribution is -2.51. The van der Waals surface area contributed by atoms with Crippen LogP contribution in [-0.2, 0) is 21.9 Å². The quantitative estimate of drug-likeness (QED) is 0.459. The van der Waals surface area contributed by atoms with E-state index >= 15 is 0 Å². The van der Waals surface area contributed by atoms with E-state index in [4.69, 9.17) is 9.47 Å². The van der Waals surface area contributed by atoms with E-state index in [-0.39, 0.29) is 17.9 Å². The lowest BCUT2D eigenvalue weighted by molar-refractivity contribution is -0.139. The molecule has 2 atom stereocenters. The van der Waals surface area contributed by atoms with Crippen molar-refractivity contribution in [2.45, 2.75) is 58.0 Å². The third-order valence-electron chi connectivity index (χ3n) is 5.53. The molecule has 6 nitrogen and oxygen atoms in total. The number of carbonyl (C=O) groups excluding carboxylic acids is 2. The number of amides is 2. The average molecular weight is 473 g/mol. The summed E-state index contributed by atoms with van der Waals surface area (Å²) in [4.78, 5) is 28.0. The number of nitrogens with one attached hydrogen (secondary N) is 1. The maximum absolute atomic E-state index is 13.3. The normalized spacial score (nSPS) is 12.5. The van der Waals surface area contributed by atoms with E-state index in [9.17, 15) is 9.59 Å². The number of nitrogens with zero attached hydrogens (tertiary/aromatic N) is 1. The second-order valence-corrected chi connectivity index (χ2v) is 8.94. The van der Waals surface area contributed by atoms with Gasteiger partial charge in [-0.3, -0.25) is 9.59 Å². The Bertz CT molecular complexity index is 888. The number of hydrogen-bond donors (Lipinski definition) is 1. The monoisotopic (exact) mass is 472 g/mol. The fraction of sp³-hybridized carbons (Fsp3) is 0.462. The summed E-state index contributed by atoms with van der Waals surface area (Å²) in [5.41, 5.74) is 2.05. The number of rotatable bonds is 13. The molecule has 0 saturated heterocycles. The van der Waals surface area contributed by atoms with Gasteiger partial charge in [0.2, 0.25) is 11.8 Å². The van der Waals surface area contributed by atoms with Crippen LogP contribution in [0.3, 0.4) is 0 Å². The van der Waals surface area contributed by atoms with Crippen LogP contribution < -0.4 is 14.8 Å². The molecule has 0 radical (unpaired) electrons. The van der Waals surface area contributed by atoms with Gasteiger partial charge >= 0.3 is 0 Å². The van der Waals surface area contributed by atoms with Crippen LogP contribution in [0.1, 0.15) is 44.7 Å². The topological polar surface area (TPSA) is 67.9 Å². The van der Waals surface area contributed by atoms with Gasteiger partial charge in [0.15, 0.2) is 0 Å². The van der Waals surface area contributed by atoms with E-state index in [2.05, 4.69) is 5.32 Å². The fourth-order valence-electron chi connectivity index (χ4n) is 3.39. The molecule has 0 aromatic heterocycles. The van der Waals surface area contributed by atoms with E-state index in [1.165, 1.54) is 0 Å². The first-order valence-electron chi connectivity index (χ1n) is 11.3. The highest BCUT2D eigenvalue weighted by Crippen LogP contribution is 2.21. The Hall–Kier alpha value is -2.67. The first-order valence-corrected chi connectivity index (χ1v) is 12.5. The molecule has 0 heterocycles. The van der Waals surface area contributed by atoms with Gasteiger partial charge in [-0.15, -0.1) is 11.8 Å². The summed E-state index contributed by atoms with van der Waals surface area (Å²) in [6, 6.07) is 15.0. The van der Waals surface area contributed by atoms with Gasteiger partial charge in [0, 0.05) is 18.3 Å². The molecular weight excluding hydrogens is 436 g/mol. The molecule has 2 rings (SSSR count). The van der Waals surface area contributed by atoms with Gasteiger partial charge in [-0.2, -0.15) is 0 Å². The van der Waals surface area contributed by atoms with Crippen molar-refractivity contribution in [3.63, 3.8) is 0 Å². The minimum absolute atomic E-state index is 0.0533. The molecule has 2 aromatic carbocycles. The molecule has 0 bridgehead atoms. The molecule has 1 N–H and O–H groups in total. The van der Waals surface area contributed by atoms with E-state index < -0.39 is 6.04 Å². The molecule has 0 spiro atoms. The van der Waals surface area contributed by atoms with Gasteiger partial charge in [-0.05, 0) is 55.2 Å². The Morgan fingerprint density at radius 1 is 0.970 bits per heavy atom. The van der Waals surface area contributed by atoms with Crippen LogP contribution in [-0.4, -0.2) is 48.8 Å². The van der Waals surface area contributed by atoms with E-state index in [1.54, 1.807) is 30.9 Å². The lowest BCUT2D eigenvalue weighted by Gasteiger charge is -2.31.